The van der Waals surface area contributed by atoms with Gasteiger partial charge < -0.3 is 4.90 Å². The van der Waals surface area contributed by atoms with E-state index in [-0.39, 0.29) is 17.2 Å². The standard InChI is InChI=1S/C21H21N3O2S2/c1-3-12-24-20(26)18-15-10-7-11-16(15)28-19(18)22-21(24)27-13-17(25)23(2)14-8-5-4-6-9-14/h3-6,8-9H,1,7,10-13H2,2H3. The summed E-state index contributed by atoms with van der Waals surface area (Å²) in [6, 6.07) is 9.52. The summed E-state index contributed by atoms with van der Waals surface area (Å²) in [5.41, 5.74) is 2.00. The van der Waals surface area contributed by atoms with E-state index >= 15 is 0 Å². The Balaban J connectivity index is 1.63. The molecule has 28 heavy (non-hydrogen) atoms. The van der Waals surface area contributed by atoms with Crippen LogP contribution in [-0.2, 0) is 24.2 Å². The molecule has 5 nitrogen and oxygen atoms in total. The van der Waals surface area contributed by atoms with Crippen LogP contribution in [0.25, 0.3) is 10.2 Å². The highest BCUT2D eigenvalue weighted by atomic mass is 32.2. The number of thiophene rings is 1. The van der Waals surface area contributed by atoms with Gasteiger partial charge in [0.25, 0.3) is 5.56 Å². The molecule has 1 aliphatic rings. The van der Waals surface area contributed by atoms with Gasteiger partial charge in [-0.3, -0.25) is 14.2 Å². The molecule has 2 aromatic heterocycles. The van der Waals surface area contributed by atoms with Gasteiger partial charge in [0.15, 0.2) is 5.16 Å². The summed E-state index contributed by atoms with van der Waals surface area (Å²) in [6.45, 7) is 4.16. The van der Waals surface area contributed by atoms with E-state index < -0.39 is 0 Å². The second-order valence-corrected chi connectivity index (χ2v) is 8.74. The van der Waals surface area contributed by atoms with Gasteiger partial charge in [-0.1, -0.05) is 36.0 Å². The molecule has 0 bridgehead atoms. The van der Waals surface area contributed by atoms with Crippen LogP contribution in [0.4, 0.5) is 5.69 Å². The molecule has 0 N–H and O–H groups in total. The van der Waals surface area contributed by atoms with Crippen LogP contribution in [0.2, 0.25) is 0 Å². The summed E-state index contributed by atoms with van der Waals surface area (Å²) in [4.78, 5) is 34.2. The monoisotopic (exact) mass is 411 g/mol. The summed E-state index contributed by atoms with van der Waals surface area (Å²) in [5, 5.41) is 1.34. The Morgan fingerprint density at radius 3 is 2.89 bits per heavy atom. The molecule has 4 rings (SSSR count). The predicted molar refractivity (Wildman–Crippen MR) is 117 cm³/mol. The van der Waals surface area contributed by atoms with Crippen molar-refractivity contribution in [3.63, 3.8) is 0 Å². The maximum atomic E-state index is 13.1. The Bertz CT molecular complexity index is 1100. The van der Waals surface area contributed by atoms with E-state index in [0.29, 0.717) is 11.7 Å². The molecule has 1 aliphatic carbocycles. The molecule has 0 atom stereocenters. The van der Waals surface area contributed by atoms with Gasteiger partial charge in [0.2, 0.25) is 5.91 Å². The predicted octanol–water partition coefficient (Wildman–Crippen LogP) is 3.89. The number of carbonyl (C=O) groups excluding carboxylic acids is 1. The maximum absolute atomic E-state index is 13.1. The van der Waals surface area contributed by atoms with Crippen molar-refractivity contribution in [2.75, 3.05) is 17.7 Å². The third-order valence-corrected chi connectivity index (χ3v) is 7.09. The molecule has 0 aliphatic heterocycles. The van der Waals surface area contributed by atoms with Gasteiger partial charge in [-0.2, -0.15) is 0 Å². The van der Waals surface area contributed by atoms with E-state index in [1.54, 1.807) is 33.9 Å². The first-order chi connectivity index (χ1) is 13.6. The molecule has 3 aromatic rings. The van der Waals surface area contributed by atoms with Gasteiger partial charge in [-0.25, -0.2) is 4.98 Å². The largest absolute Gasteiger partial charge is 0.315 e. The van der Waals surface area contributed by atoms with Crippen molar-refractivity contribution in [2.45, 2.75) is 31.0 Å². The smallest absolute Gasteiger partial charge is 0.263 e. The number of hydrogen-bond donors (Lipinski definition) is 0. The van der Waals surface area contributed by atoms with E-state index in [9.17, 15) is 9.59 Å². The van der Waals surface area contributed by atoms with E-state index in [1.807, 2.05) is 30.3 Å². The van der Waals surface area contributed by atoms with E-state index in [0.717, 1.165) is 35.2 Å². The normalized spacial score (nSPS) is 12.9. The molecule has 0 saturated heterocycles. The Morgan fingerprint density at radius 1 is 1.36 bits per heavy atom. The second kappa shape index (κ2) is 7.93. The number of nitrogens with zero attached hydrogens (tertiary/aromatic N) is 3. The summed E-state index contributed by atoms with van der Waals surface area (Å²) in [7, 11) is 1.76. The number of amides is 1. The number of carbonyl (C=O) groups is 1. The van der Waals surface area contributed by atoms with Crippen molar-refractivity contribution in [1.29, 1.82) is 0 Å². The minimum absolute atomic E-state index is 0.0179. The van der Waals surface area contributed by atoms with Crippen LogP contribution >= 0.6 is 23.1 Å². The number of aryl methyl sites for hydroxylation is 2. The van der Waals surface area contributed by atoms with Crippen molar-refractivity contribution in [1.82, 2.24) is 9.55 Å². The van der Waals surface area contributed by atoms with Crippen LogP contribution in [0.1, 0.15) is 16.9 Å². The number of para-hydroxylation sites is 1. The summed E-state index contributed by atoms with van der Waals surface area (Å²) >= 11 is 2.93. The topological polar surface area (TPSA) is 55.2 Å². The lowest BCUT2D eigenvalue weighted by molar-refractivity contribution is -0.115. The Hall–Kier alpha value is -2.38. The molecule has 144 valence electrons. The Labute approximate surface area is 171 Å². The number of fused-ring (bicyclic) bond motifs is 3. The number of thioether (sulfide) groups is 1. The third-order valence-electron chi connectivity index (χ3n) is 4.94. The van der Waals surface area contributed by atoms with Gasteiger partial charge in [0.1, 0.15) is 4.83 Å². The average molecular weight is 412 g/mol. The van der Waals surface area contributed by atoms with Crippen LogP contribution in [0, 0.1) is 0 Å². The van der Waals surface area contributed by atoms with Crippen LogP contribution in [0.15, 0.2) is 52.9 Å². The van der Waals surface area contributed by atoms with E-state index in [2.05, 4.69) is 6.58 Å². The van der Waals surface area contributed by atoms with Crippen LogP contribution < -0.4 is 10.5 Å². The molecular weight excluding hydrogens is 390 g/mol. The minimum Gasteiger partial charge on any atom is -0.315 e. The van der Waals surface area contributed by atoms with Gasteiger partial charge in [0.05, 0.1) is 11.1 Å². The van der Waals surface area contributed by atoms with Gasteiger partial charge >= 0.3 is 0 Å². The first kappa shape index (κ1) is 19.0. The number of rotatable bonds is 6. The van der Waals surface area contributed by atoms with E-state index in [4.69, 9.17) is 4.98 Å². The molecule has 0 spiro atoms. The molecule has 0 radical (unpaired) electrons. The summed E-state index contributed by atoms with van der Waals surface area (Å²) in [6.07, 6.45) is 4.78. The van der Waals surface area contributed by atoms with Crippen molar-refractivity contribution in [3.8, 4) is 0 Å². The Morgan fingerprint density at radius 2 is 2.14 bits per heavy atom. The van der Waals surface area contributed by atoms with Crippen molar-refractivity contribution in [3.05, 3.63) is 63.8 Å². The SMILES string of the molecule is C=CCn1c(SCC(=O)N(C)c2ccccc2)nc2sc3c(c2c1=O)CCC3. The van der Waals surface area contributed by atoms with Crippen LogP contribution in [0.5, 0.6) is 0 Å². The van der Waals surface area contributed by atoms with Crippen LogP contribution in [-0.4, -0.2) is 28.3 Å². The molecule has 0 saturated carbocycles. The molecule has 7 heteroatoms. The molecular formula is C21H21N3O2S2. The number of allylic oxidation sites excluding steroid dienone is 1. The number of benzene rings is 1. The first-order valence-corrected chi connectivity index (χ1v) is 11.0. The second-order valence-electron chi connectivity index (χ2n) is 6.71. The maximum Gasteiger partial charge on any atom is 0.263 e. The average Bonchev–Trinajstić information content (AvgIpc) is 3.29. The fraction of sp³-hybridized carbons (Fsp3) is 0.286. The van der Waals surface area contributed by atoms with E-state index in [1.165, 1.54) is 22.2 Å². The van der Waals surface area contributed by atoms with Crippen LogP contribution in [0.3, 0.4) is 0 Å². The fourth-order valence-electron chi connectivity index (χ4n) is 3.48. The highest BCUT2D eigenvalue weighted by molar-refractivity contribution is 7.99. The zero-order valence-electron chi connectivity index (χ0n) is 15.7. The highest BCUT2D eigenvalue weighted by Gasteiger charge is 2.23. The van der Waals surface area contributed by atoms with Crippen molar-refractivity contribution in [2.24, 2.45) is 0 Å². The molecule has 0 unspecified atom stereocenters. The number of hydrogen-bond acceptors (Lipinski definition) is 5. The minimum atomic E-state index is -0.0376. The van der Waals surface area contributed by atoms with Gasteiger partial charge in [-0.05, 0) is 37.0 Å². The lowest BCUT2D eigenvalue weighted by atomic mass is 10.2. The van der Waals surface area contributed by atoms with Gasteiger partial charge in [-0.15, -0.1) is 17.9 Å². The van der Waals surface area contributed by atoms with Crippen molar-refractivity contribution < 1.29 is 4.79 Å². The number of anilines is 1. The Kier molecular flexibility index (Phi) is 5.37. The zero-order valence-corrected chi connectivity index (χ0v) is 17.3. The summed E-state index contributed by atoms with van der Waals surface area (Å²) < 4.78 is 1.64. The molecule has 2 heterocycles. The first-order valence-electron chi connectivity index (χ1n) is 9.20. The molecule has 1 amide bonds. The zero-order chi connectivity index (χ0) is 19.7. The van der Waals surface area contributed by atoms with Gasteiger partial charge in [0, 0.05) is 24.2 Å². The molecule has 1 aromatic carbocycles. The fourth-order valence-corrected chi connectivity index (χ4v) is 5.70. The molecule has 0 fully saturated rings. The lowest BCUT2D eigenvalue weighted by Crippen LogP contribution is -2.29. The quantitative estimate of drug-likeness (QED) is 0.351. The summed E-state index contributed by atoms with van der Waals surface area (Å²) in [5.74, 6) is 0.176. The van der Waals surface area contributed by atoms with Crippen molar-refractivity contribution >= 4 is 44.9 Å². The third kappa shape index (κ3) is 3.40. The number of aromatic nitrogens is 2. The lowest BCUT2D eigenvalue weighted by Gasteiger charge is -2.17. The highest BCUT2D eigenvalue weighted by Crippen LogP contribution is 2.35.